The number of hydrogen-bond acceptors (Lipinski definition) is 3. The zero-order chi connectivity index (χ0) is 18.0. The van der Waals surface area contributed by atoms with Crippen LogP contribution in [0, 0.1) is 11.8 Å². The molecule has 0 saturated carbocycles. The molecule has 1 aliphatic carbocycles. The lowest BCUT2D eigenvalue weighted by atomic mass is 9.82. The molecule has 1 aromatic rings. The fourth-order valence-corrected chi connectivity index (χ4v) is 3.60. The Hall–Kier alpha value is -2.40. The largest absolute Gasteiger partial charge is 0.325 e. The Bertz CT molecular complexity index is 847. The van der Waals surface area contributed by atoms with Crippen molar-refractivity contribution in [2.24, 2.45) is 16.8 Å². The smallest absolute Gasteiger partial charge is 0.278 e. The van der Waals surface area contributed by atoms with Gasteiger partial charge in [-0.25, -0.2) is 4.99 Å². The van der Waals surface area contributed by atoms with E-state index in [0.29, 0.717) is 11.3 Å². The molecule has 0 radical (unpaired) electrons. The van der Waals surface area contributed by atoms with Crippen LogP contribution in [-0.4, -0.2) is 23.8 Å². The van der Waals surface area contributed by atoms with E-state index in [9.17, 15) is 9.59 Å². The zero-order valence-corrected chi connectivity index (χ0v) is 15.3. The Morgan fingerprint density at radius 2 is 2.00 bits per heavy atom. The monoisotopic (exact) mass is 352 g/mol. The molecule has 1 aliphatic heterocycles. The van der Waals surface area contributed by atoms with Gasteiger partial charge in [0.15, 0.2) is 0 Å². The van der Waals surface area contributed by atoms with Gasteiger partial charge < -0.3 is 5.32 Å². The molecule has 2 amide bonds. The molecule has 1 heterocycles. The summed E-state index contributed by atoms with van der Waals surface area (Å²) in [7, 11) is 0. The van der Waals surface area contributed by atoms with Gasteiger partial charge in [-0.15, -0.1) is 11.8 Å². The molecule has 2 aliphatic rings. The van der Waals surface area contributed by atoms with Gasteiger partial charge in [-0.3, -0.25) is 9.59 Å². The quantitative estimate of drug-likeness (QED) is 0.843. The first-order valence-electron chi connectivity index (χ1n) is 8.18. The van der Waals surface area contributed by atoms with Crippen LogP contribution in [-0.2, 0) is 4.79 Å². The van der Waals surface area contributed by atoms with Gasteiger partial charge in [-0.1, -0.05) is 32.1 Å². The number of aliphatic imine (C=N–C) groups is 1. The highest BCUT2D eigenvalue weighted by Gasteiger charge is 2.28. The number of rotatable bonds is 3. The standard InChI is InChI=1S/C20H20N2O2S/c1-12(2)16-11-19(23)22-17-10-13(8-9-14(16)17)21-20(24)15-6-4-5-7-18(15)25-3/h4-12,14H,1-3H3,(H,22,23). The molecule has 0 spiro atoms. The van der Waals surface area contributed by atoms with Crippen LogP contribution < -0.4 is 5.32 Å². The van der Waals surface area contributed by atoms with E-state index < -0.39 is 0 Å². The van der Waals surface area contributed by atoms with Crippen LogP contribution in [0.1, 0.15) is 24.2 Å². The zero-order valence-electron chi connectivity index (χ0n) is 14.4. The van der Waals surface area contributed by atoms with E-state index in [4.69, 9.17) is 0 Å². The van der Waals surface area contributed by atoms with Crippen LogP contribution in [0.25, 0.3) is 0 Å². The van der Waals surface area contributed by atoms with Gasteiger partial charge in [0.05, 0.1) is 11.3 Å². The van der Waals surface area contributed by atoms with Gasteiger partial charge in [0.2, 0.25) is 5.91 Å². The van der Waals surface area contributed by atoms with E-state index in [1.165, 1.54) is 11.8 Å². The van der Waals surface area contributed by atoms with Crippen LogP contribution in [0.2, 0.25) is 0 Å². The lowest BCUT2D eigenvalue weighted by Crippen LogP contribution is -2.34. The Morgan fingerprint density at radius 1 is 1.24 bits per heavy atom. The third-order valence-corrected chi connectivity index (χ3v) is 5.05. The van der Waals surface area contributed by atoms with Crippen molar-refractivity contribution in [2.45, 2.75) is 18.7 Å². The summed E-state index contributed by atoms with van der Waals surface area (Å²) in [6.07, 6.45) is 9.23. The number of carbonyl (C=O) groups is 2. The number of hydrogen-bond donors (Lipinski definition) is 1. The molecule has 1 atom stereocenters. The number of benzene rings is 1. The summed E-state index contributed by atoms with van der Waals surface area (Å²) in [6.45, 7) is 4.14. The first kappa shape index (κ1) is 17.4. The minimum Gasteiger partial charge on any atom is -0.325 e. The number of nitrogens with zero attached hydrogens (tertiary/aromatic N) is 1. The molecule has 3 rings (SSSR count). The van der Waals surface area contributed by atoms with Crippen molar-refractivity contribution in [2.75, 3.05) is 6.26 Å². The Labute approximate surface area is 151 Å². The molecule has 0 saturated heterocycles. The van der Waals surface area contributed by atoms with Crippen molar-refractivity contribution in [1.29, 1.82) is 0 Å². The number of nitrogens with one attached hydrogen (secondary N) is 1. The maximum atomic E-state index is 12.5. The minimum absolute atomic E-state index is 0.0465. The summed E-state index contributed by atoms with van der Waals surface area (Å²) in [6, 6.07) is 7.42. The Kier molecular flexibility index (Phi) is 5.04. The van der Waals surface area contributed by atoms with Crippen molar-refractivity contribution in [3.63, 3.8) is 0 Å². The van der Waals surface area contributed by atoms with Crippen molar-refractivity contribution < 1.29 is 9.59 Å². The van der Waals surface area contributed by atoms with Crippen LogP contribution >= 0.6 is 11.8 Å². The molecule has 0 fully saturated rings. The summed E-state index contributed by atoms with van der Waals surface area (Å²) >= 11 is 1.52. The molecule has 0 bridgehead atoms. The maximum absolute atomic E-state index is 12.5. The molecule has 25 heavy (non-hydrogen) atoms. The highest BCUT2D eigenvalue weighted by atomic mass is 32.2. The van der Waals surface area contributed by atoms with Gasteiger partial charge in [0.25, 0.3) is 5.91 Å². The van der Waals surface area contributed by atoms with Crippen molar-refractivity contribution in [1.82, 2.24) is 5.32 Å². The summed E-state index contributed by atoms with van der Waals surface area (Å²) in [5.74, 6) is -0.0792. The number of amides is 2. The molecular weight excluding hydrogens is 332 g/mol. The van der Waals surface area contributed by atoms with E-state index in [2.05, 4.69) is 24.2 Å². The third-order valence-electron chi connectivity index (χ3n) is 4.26. The van der Waals surface area contributed by atoms with Crippen LogP contribution in [0.3, 0.4) is 0 Å². The maximum Gasteiger partial charge on any atom is 0.278 e. The van der Waals surface area contributed by atoms with E-state index >= 15 is 0 Å². The summed E-state index contributed by atoms with van der Waals surface area (Å²) in [5, 5.41) is 2.87. The summed E-state index contributed by atoms with van der Waals surface area (Å²) in [4.78, 5) is 29.6. The number of carbonyl (C=O) groups excluding carboxylic acids is 2. The van der Waals surface area contributed by atoms with Crippen molar-refractivity contribution in [3.05, 3.63) is 65.4 Å². The number of fused-ring (bicyclic) bond motifs is 1. The third kappa shape index (κ3) is 3.66. The van der Waals surface area contributed by atoms with Gasteiger partial charge in [-0.05, 0) is 42.0 Å². The Morgan fingerprint density at radius 3 is 2.72 bits per heavy atom. The lowest BCUT2D eigenvalue weighted by molar-refractivity contribution is -0.116. The lowest BCUT2D eigenvalue weighted by Gasteiger charge is -2.29. The molecular formula is C20H20N2O2S. The molecule has 1 unspecified atom stereocenters. The normalized spacial score (nSPS) is 20.9. The number of thioether (sulfide) groups is 1. The highest BCUT2D eigenvalue weighted by Crippen LogP contribution is 2.31. The predicted octanol–water partition coefficient (Wildman–Crippen LogP) is 3.77. The van der Waals surface area contributed by atoms with E-state index in [1.54, 1.807) is 18.2 Å². The van der Waals surface area contributed by atoms with Gasteiger partial charge >= 0.3 is 0 Å². The highest BCUT2D eigenvalue weighted by molar-refractivity contribution is 7.98. The van der Waals surface area contributed by atoms with Crippen LogP contribution in [0.4, 0.5) is 0 Å². The molecule has 128 valence electrons. The van der Waals surface area contributed by atoms with Gasteiger partial charge in [-0.2, -0.15) is 0 Å². The van der Waals surface area contributed by atoms with E-state index in [0.717, 1.165) is 16.2 Å². The average molecular weight is 352 g/mol. The first-order chi connectivity index (χ1) is 12.0. The first-order valence-corrected chi connectivity index (χ1v) is 9.40. The molecule has 0 aromatic heterocycles. The Balaban J connectivity index is 1.90. The summed E-state index contributed by atoms with van der Waals surface area (Å²) in [5.41, 5.74) is 3.00. The van der Waals surface area contributed by atoms with Crippen molar-refractivity contribution in [3.8, 4) is 0 Å². The van der Waals surface area contributed by atoms with E-state index in [1.807, 2.05) is 36.6 Å². The molecule has 4 nitrogen and oxygen atoms in total. The topological polar surface area (TPSA) is 58.5 Å². The second kappa shape index (κ2) is 7.23. The van der Waals surface area contributed by atoms with Gasteiger partial charge in [0, 0.05) is 22.6 Å². The molecule has 5 heteroatoms. The molecule has 1 aromatic carbocycles. The van der Waals surface area contributed by atoms with Crippen LogP contribution in [0.15, 0.2) is 69.7 Å². The van der Waals surface area contributed by atoms with Gasteiger partial charge in [0.1, 0.15) is 0 Å². The van der Waals surface area contributed by atoms with E-state index in [-0.39, 0.29) is 23.7 Å². The predicted molar refractivity (Wildman–Crippen MR) is 102 cm³/mol. The second-order valence-corrected chi connectivity index (χ2v) is 7.11. The fraction of sp³-hybridized carbons (Fsp3) is 0.250. The second-order valence-electron chi connectivity index (χ2n) is 6.27. The summed E-state index contributed by atoms with van der Waals surface area (Å²) < 4.78 is 0. The van der Waals surface area contributed by atoms with Crippen molar-refractivity contribution >= 4 is 29.3 Å². The van der Waals surface area contributed by atoms with Crippen LogP contribution in [0.5, 0.6) is 0 Å². The average Bonchev–Trinajstić information content (AvgIpc) is 2.60. The number of allylic oxidation sites excluding steroid dienone is 3. The fourth-order valence-electron chi connectivity index (χ4n) is 3.01. The molecule has 1 N–H and O–H groups in total. The minimum atomic E-state index is -0.276. The SMILES string of the molecule is CSc1ccccc1C(=O)N=C1C=CC2C(=C1)NC(=O)C=C2C(C)C.